The van der Waals surface area contributed by atoms with E-state index in [0.717, 1.165) is 28.9 Å². The number of amides is 1. The lowest BCUT2D eigenvalue weighted by atomic mass is 10.1. The molecule has 0 spiro atoms. The summed E-state index contributed by atoms with van der Waals surface area (Å²) in [5, 5.41) is 4.55. The number of esters is 1. The van der Waals surface area contributed by atoms with E-state index in [9.17, 15) is 9.59 Å². The van der Waals surface area contributed by atoms with Gasteiger partial charge in [0.15, 0.2) is 0 Å². The van der Waals surface area contributed by atoms with E-state index >= 15 is 0 Å². The van der Waals surface area contributed by atoms with Gasteiger partial charge in [0, 0.05) is 24.3 Å². The minimum absolute atomic E-state index is 0.0433. The second-order valence-electron chi connectivity index (χ2n) is 6.34. The van der Waals surface area contributed by atoms with Crippen LogP contribution in [0.3, 0.4) is 0 Å². The zero-order valence-electron chi connectivity index (χ0n) is 15.4. The van der Waals surface area contributed by atoms with E-state index in [1.54, 1.807) is 7.05 Å². The molecule has 2 aromatic heterocycles. The first-order valence-corrected chi connectivity index (χ1v) is 9.92. The number of nitrogens with one attached hydrogen (secondary N) is 1. The van der Waals surface area contributed by atoms with E-state index < -0.39 is 0 Å². The molecule has 0 aliphatic rings. The van der Waals surface area contributed by atoms with Gasteiger partial charge in [-0.3, -0.25) is 4.79 Å². The van der Waals surface area contributed by atoms with Gasteiger partial charge in [-0.05, 0) is 18.9 Å². The number of carbonyl (C=O) groups is 2. The van der Waals surface area contributed by atoms with Crippen LogP contribution in [0.2, 0.25) is 0 Å². The maximum absolute atomic E-state index is 12.5. The molecular weight excluding hydrogens is 336 g/mol. The van der Waals surface area contributed by atoms with Gasteiger partial charge in [0.2, 0.25) is 5.91 Å². The molecule has 138 valence electrons. The Bertz CT molecular complexity index is 718. The van der Waals surface area contributed by atoms with Gasteiger partial charge in [-0.25, -0.2) is 4.79 Å². The molecule has 0 saturated carbocycles. The molecule has 0 saturated heterocycles. The van der Waals surface area contributed by atoms with Gasteiger partial charge < -0.3 is 14.5 Å². The number of fused-ring (bicyclic) bond motifs is 1. The highest BCUT2D eigenvalue weighted by molar-refractivity contribution is 7.16. The van der Waals surface area contributed by atoms with Crippen LogP contribution in [0.5, 0.6) is 0 Å². The number of likely N-dealkylation sites (N-methyl/N-ethyl adjacent to an activating group) is 1. The second-order valence-corrected chi connectivity index (χ2v) is 7.20. The van der Waals surface area contributed by atoms with Crippen molar-refractivity contribution in [3.05, 3.63) is 28.4 Å². The molecule has 1 N–H and O–H groups in total. The summed E-state index contributed by atoms with van der Waals surface area (Å²) in [6, 6.07) is 0. The van der Waals surface area contributed by atoms with Gasteiger partial charge >= 0.3 is 5.97 Å². The first kappa shape index (κ1) is 19.5. The Labute approximate surface area is 153 Å². The van der Waals surface area contributed by atoms with E-state index in [4.69, 9.17) is 4.74 Å². The number of rotatable bonds is 10. The Kier molecular flexibility index (Phi) is 7.50. The molecule has 2 rings (SSSR count). The van der Waals surface area contributed by atoms with Crippen molar-refractivity contribution >= 4 is 28.0 Å². The van der Waals surface area contributed by atoms with Gasteiger partial charge in [-0.1, -0.05) is 39.0 Å². The van der Waals surface area contributed by atoms with E-state index in [1.807, 2.05) is 22.9 Å². The van der Waals surface area contributed by atoms with Crippen LogP contribution in [0.4, 0.5) is 0 Å². The van der Waals surface area contributed by atoms with Gasteiger partial charge in [0.05, 0.1) is 18.6 Å². The molecule has 0 unspecified atom stereocenters. The van der Waals surface area contributed by atoms with Crippen LogP contribution in [0.15, 0.2) is 11.6 Å². The Morgan fingerprint density at radius 1 is 1.20 bits per heavy atom. The van der Waals surface area contributed by atoms with Crippen LogP contribution in [0.1, 0.15) is 67.1 Å². The lowest BCUT2D eigenvalue weighted by Crippen LogP contribution is -2.20. The zero-order chi connectivity index (χ0) is 18.2. The maximum atomic E-state index is 12.5. The molecule has 0 aromatic carbocycles. The number of unbranched alkanes of at least 4 members (excludes halogenated alkanes) is 5. The van der Waals surface area contributed by atoms with E-state index in [0.29, 0.717) is 18.6 Å². The van der Waals surface area contributed by atoms with Crippen molar-refractivity contribution in [1.29, 1.82) is 0 Å². The summed E-state index contributed by atoms with van der Waals surface area (Å²) in [7, 11) is 1.62. The van der Waals surface area contributed by atoms with Crippen molar-refractivity contribution in [1.82, 2.24) is 9.72 Å². The number of carbonyl (C=O) groups excluding carboxylic acids is 2. The molecule has 0 aliphatic carbocycles. The lowest BCUT2D eigenvalue weighted by molar-refractivity contribution is -0.120. The molecular formula is C19H28N2O3S. The fourth-order valence-electron chi connectivity index (χ4n) is 2.86. The van der Waals surface area contributed by atoms with Crippen molar-refractivity contribution in [3.63, 3.8) is 0 Å². The van der Waals surface area contributed by atoms with Gasteiger partial charge in [0.1, 0.15) is 4.83 Å². The van der Waals surface area contributed by atoms with Crippen LogP contribution >= 0.6 is 11.3 Å². The lowest BCUT2D eigenvalue weighted by Gasteiger charge is -2.04. The number of hydrogen-bond donors (Lipinski definition) is 1. The molecule has 0 atom stereocenters. The first-order valence-electron chi connectivity index (χ1n) is 9.04. The predicted octanol–water partition coefficient (Wildman–Crippen LogP) is 4.12. The van der Waals surface area contributed by atoms with Gasteiger partial charge in [-0.2, -0.15) is 0 Å². The summed E-state index contributed by atoms with van der Waals surface area (Å²) in [5.74, 6) is -0.305. The first-order chi connectivity index (χ1) is 12.1. The van der Waals surface area contributed by atoms with Crippen LogP contribution < -0.4 is 5.32 Å². The second kappa shape index (κ2) is 9.61. The number of aromatic nitrogens is 1. The molecule has 0 fully saturated rings. The minimum Gasteiger partial charge on any atom is -0.462 e. The molecule has 0 aliphatic heterocycles. The molecule has 25 heavy (non-hydrogen) atoms. The van der Waals surface area contributed by atoms with Crippen LogP contribution in [0, 0.1) is 6.92 Å². The number of ether oxygens (including phenoxy) is 1. The Hall–Kier alpha value is -1.82. The number of thiazole rings is 1. The molecule has 0 radical (unpaired) electrons. The van der Waals surface area contributed by atoms with Crippen LogP contribution in [-0.4, -0.2) is 29.9 Å². The highest BCUT2D eigenvalue weighted by atomic mass is 32.1. The largest absolute Gasteiger partial charge is 0.462 e. The minimum atomic E-state index is -0.262. The van der Waals surface area contributed by atoms with Crippen LogP contribution in [0.25, 0.3) is 4.83 Å². The standard InChI is InChI=1S/C19H28N2O3S/c1-4-5-6-7-8-9-10-24-19(23)17-14(2)12-21-15(11-16(22)20-3)13-25-18(17)21/h12-13H,4-11H2,1-3H3,(H,20,22). The average molecular weight is 365 g/mol. The summed E-state index contributed by atoms with van der Waals surface area (Å²) in [6.45, 7) is 4.58. The summed E-state index contributed by atoms with van der Waals surface area (Å²) in [5.41, 5.74) is 2.40. The fraction of sp³-hybridized carbons (Fsp3) is 0.579. The van der Waals surface area contributed by atoms with Crippen molar-refractivity contribution in [3.8, 4) is 0 Å². The van der Waals surface area contributed by atoms with E-state index in [2.05, 4.69) is 12.2 Å². The number of aryl methyl sites for hydroxylation is 1. The highest BCUT2D eigenvalue weighted by Gasteiger charge is 2.20. The summed E-state index contributed by atoms with van der Waals surface area (Å²) in [4.78, 5) is 24.9. The molecule has 0 bridgehead atoms. The molecule has 1 amide bonds. The Balaban J connectivity index is 1.94. The predicted molar refractivity (Wildman–Crippen MR) is 101 cm³/mol. The van der Waals surface area contributed by atoms with Gasteiger partial charge in [0.25, 0.3) is 0 Å². The molecule has 2 aromatic rings. The SMILES string of the molecule is CCCCCCCCOC(=O)c1c(C)cn2c(CC(=O)NC)csc12. The quantitative estimate of drug-likeness (QED) is 0.510. The number of hydrogen-bond acceptors (Lipinski definition) is 4. The fourth-order valence-corrected chi connectivity index (χ4v) is 3.95. The van der Waals surface area contributed by atoms with Crippen LogP contribution in [-0.2, 0) is 16.0 Å². The Morgan fingerprint density at radius 3 is 2.64 bits per heavy atom. The highest BCUT2D eigenvalue weighted by Crippen LogP contribution is 2.27. The van der Waals surface area contributed by atoms with Crippen molar-refractivity contribution in [2.75, 3.05) is 13.7 Å². The summed E-state index contributed by atoms with van der Waals surface area (Å²) >= 11 is 1.48. The zero-order valence-corrected chi connectivity index (χ0v) is 16.2. The summed E-state index contributed by atoms with van der Waals surface area (Å²) in [6.07, 6.45) is 9.20. The third-order valence-electron chi connectivity index (χ3n) is 4.32. The average Bonchev–Trinajstić information content (AvgIpc) is 3.12. The van der Waals surface area contributed by atoms with Crippen molar-refractivity contribution in [2.24, 2.45) is 0 Å². The van der Waals surface area contributed by atoms with Gasteiger partial charge in [-0.15, -0.1) is 11.3 Å². The van der Waals surface area contributed by atoms with Crippen molar-refractivity contribution in [2.45, 2.75) is 58.8 Å². The third kappa shape index (κ3) is 5.08. The van der Waals surface area contributed by atoms with E-state index in [-0.39, 0.29) is 11.9 Å². The summed E-state index contributed by atoms with van der Waals surface area (Å²) < 4.78 is 7.40. The maximum Gasteiger partial charge on any atom is 0.341 e. The molecule has 5 nitrogen and oxygen atoms in total. The normalized spacial score (nSPS) is 11.0. The smallest absolute Gasteiger partial charge is 0.341 e. The Morgan fingerprint density at radius 2 is 1.92 bits per heavy atom. The monoisotopic (exact) mass is 364 g/mol. The molecule has 2 heterocycles. The number of nitrogens with zero attached hydrogens (tertiary/aromatic N) is 1. The van der Waals surface area contributed by atoms with E-state index in [1.165, 1.54) is 37.0 Å². The molecule has 6 heteroatoms. The third-order valence-corrected chi connectivity index (χ3v) is 5.34. The topological polar surface area (TPSA) is 59.8 Å². The van der Waals surface area contributed by atoms with Crippen molar-refractivity contribution < 1.29 is 14.3 Å².